The summed E-state index contributed by atoms with van der Waals surface area (Å²) in [5.74, 6) is 0.765. The van der Waals surface area contributed by atoms with Gasteiger partial charge in [0.15, 0.2) is 0 Å². The Balaban J connectivity index is 4.24. The normalized spacial score (nSPS) is 13.2. The Morgan fingerprint density at radius 1 is 1.67 bits per heavy atom. The van der Waals surface area contributed by atoms with Crippen LogP contribution in [0, 0.1) is 0 Å². The second-order valence-corrected chi connectivity index (χ2v) is 3.27. The van der Waals surface area contributed by atoms with Gasteiger partial charge in [-0.1, -0.05) is 18.5 Å². The average molecular weight is 205 g/mol. The van der Waals surface area contributed by atoms with Gasteiger partial charge in [-0.2, -0.15) is 0 Å². The summed E-state index contributed by atoms with van der Waals surface area (Å²) >= 11 is 7.34. The molecule has 2 nitrogen and oxygen atoms in total. The second kappa shape index (κ2) is 7.37. The Morgan fingerprint density at radius 3 is 2.75 bits per heavy atom. The topological polar surface area (TPSA) is 24.7 Å². The fourth-order valence-electron chi connectivity index (χ4n) is 0.590. The SMILES string of the molecule is C=N/C(Cl)=C\C(CC)=N/CSC. The van der Waals surface area contributed by atoms with Gasteiger partial charge < -0.3 is 0 Å². The third-order valence-electron chi connectivity index (χ3n) is 1.20. The van der Waals surface area contributed by atoms with E-state index in [2.05, 4.69) is 16.7 Å². The molecule has 0 aromatic carbocycles. The molecular formula is C8H13ClN2S. The van der Waals surface area contributed by atoms with Crippen LogP contribution in [0.1, 0.15) is 13.3 Å². The number of halogens is 1. The van der Waals surface area contributed by atoms with Gasteiger partial charge in [0, 0.05) is 5.71 Å². The first kappa shape index (κ1) is 11.7. The van der Waals surface area contributed by atoms with E-state index in [4.69, 9.17) is 11.6 Å². The van der Waals surface area contributed by atoms with Crippen LogP contribution in [0.25, 0.3) is 0 Å². The molecule has 0 radical (unpaired) electrons. The van der Waals surface area contributed by atoms with Crippen LogP contribution in [-0.4, -0.2) is 24.6 Å². The molecule has 0 atom stereocenters. The van der Waals surface area contributed by atoms with Crippen LogP contribution < -0.4 is 0 Å². The van der Waals surface area contributed by atoms with Gasteiger partial charge in [-0.05, 0) is 25.5 Å². The monoisotopic (exact) mass is 204 g/mol. The standard InChI is InChI=1S/C8H13ClN2S/c1-4-7(11-6-12-3)5-8(9)10-2/h5H,2,4,6H2,1,3H3/b8-5-,11-7-. The van der Waals surface area contributed by atoms with Crippen molar-refractivity contribution in [3.8, 4) is 0 Å². The van der Waals surface area contributed by atoms with Gasteiger partial charge in [-0.25, -0.2) is 0 Å². The van der Waals surface area contributed by atoms with Crippen molar-refractivity contribution < 1.29 is 0 Å². The molecule has 0 saturated heterocycles. The zero-order valence-electron chi connectivity index (χ0n) is 7.38. The molecule has 0 bridgehead atoms. The number of hydrogen-bond donors (Lipinski definition) is 0. The summed E-state index contributed by atoms with van der Waals surface area (Å²) in [6.07, 6.45) is 4.62. The van der Waals surface area contributed by atoms with Crippen molar-refractivity contribution in [3.05, 3.63) is 11.2 Å². The maximum Gasteiger partial charge on any atom is 0.130 e. The quantitative estimate of drug-likeness (QED) is 0.499. The first-order valence-electron chi connectivity index (χ1n) is 3.60. The predicted octanol–water partition coefficient (Wildman–Crippen LogP) is 2.94. The maximum absolute atomic E-state index is 5.66. The highest BCUT2D eigenvalue weighted by Gasteiger charge is 1.92. The number of aliphatic imine (C=N–C) groups is 2. The van der Waals surface area contributed by atoms with Crippen molar-refractivity contribution in [2.75, 3.05) is 12.1 Å². The molecule has 0 N–H and O–H groups in total. The number of rotatable bonds is 5. The molecule has 0 aromatic rings. The van der Waals surface area contributed by atoms with Crippen LogP contribution in [0.4, 0.5) is 0 Å². The molecule has 0 spiro atoms. The van der Waals surface area contributed by atoms with Crippen LogP contribution in [0.5, 0.6) is 0 Å². The van der Waals surface area contributed by atoms with Crippen LogP contribution in [0.3, 0.4) is 0 Å². The summed E-state index contributed by atoms with van der Waals surface area (Å²) in [4.78, 5) is 7.85. The zero-order valence-corrected chi connectivity index (χ0v) is 8.95. The first-order valence-corrected chi connectivity index (χ1v) is 5.38. The van der Waals surface area contributed by atoms with E-state index in [1.54, 1.807) is 17.8 Å². The van der Waals surface area contributed by atoms with E-state index in [0.29, 0.717) is 5.16 Å². The summed E-state index contributed by atoms with van der Waals surface area (Å²) in [6.45, 7) is 5.35. The van der Waals surface area contributed by atoms with E-state index >= 15 is 0 Å². The Labute approximate surface area is 82.8 Å². The lowest BCUT2D eigenvalue weighted by atomic mass is 10.3. The second-order valence-electron chi connectivity index (χ2n) is 2.05. The summed E-state index contributed by atoms with van der Waals surface area (Å²) < 4.78 is 0. The van der Waals surface area contributed by atoms with E-state index in [1.165, 1.54) is 0 Å². The molecule has 0 aliphatic rings. The van der Waals surface area contributed by atoms with Gasteiger partial charge in [0.1, 0.15) is 5.16 Å². The van der Waals surface area contributed by atoms with Crippen molar-refractivity contribution in [1.29, 1.82) is 0 Å². The van der Waals surface area contributed by atoms with Gasteiger partial charge in [0.2, 0.25) is 0 Å². The summed E-state index contributed by atoms with van der Waals surface area (Å²) in [5, 5.41) is 0.400. The molecule has 0 unspecified atom stereocenters. The van der Waals surface area contributed by atoms with Crippen molar-refractivity contribution in [3.63, 3.8) is 0 Å². The van der Waals surface area contributed by atoms with Crippen molar-refractivity contribution in [2.24, 2.45) is 9.98 Å². The lowest BCUT2D eigenvalue weighted by Gasteiger charge is -1.96. The minimum atomic E-state index is 0.400. The van der Waals surface area contributed by atoms with Gasteiger partial charge in [-0.3, -0.25) is 9.98 Å². The van der Waals surface area contributed by atoms with Crippen LogP contribution >= 0.6 is 23.4 Å². The summed E-state index contributed by atoms with van der Waals surface area (Å²) in [5.41, 5.74) is 0.960. The zero-order chi connectivity index (χ0) is 9.40. The molecule has 0 saturated carbocycles. The van der Waals surface area contributed by atoms with Gasteiger partial charge in [-0.15, -0.1) is 11.8 Å². The number of thioether (sulfide) groups is 1. The minimum absolute atomic E-state index is 0.400. The third kappa shape index (κ3) is 5.38. The minimum Gasteiger partial charge on any atom is -0.279 e. The molecular weight excluding hydrogens is 192 g/mol. The lowest BCUT2D eigenvalue weighted by molar-refractivity contribution is 1.24. The van der Waals surface area contributed by atoms with Gasteiger partial charge in [0.25, 0.3) is 0 Å². The number of allylic oxidation sites excluding steroid dienone is 1. The third-order valence-corrected chi connectivity index (χ3v) is 1.81. The largest absolute Gasteiger partial charge is 0.279 e. The van der Waals surface area contributed by atoms with Crippen molar-refractivity contribution >= 4 is 35.8 Å². The fourth-order valence-corrected chi connectivity index (χ4v) is 1.01. The maximum atomic E-state index is 5.66. The predicted molar refractivity (Wildman–Crippen MR) is 59.6 cm³/mol. The van der Waals surface area contributed by atoms with Gasteiger partial charge >= 0.3 is 0 Å². The molecule has 0 rings (SSSR count). The van der Waals surface area contributed by atoms with Crippen LogP contribution in [0.2, 0.25) is 0 Å². The first-order chi connectivity index (χ1) is 5.74. The van der Waals surface area contributed by atoms with E-state index in [1.807, 2.05) is 13.2 Å². The highest BCUT2D eigenvalue weighted by Crippen LogP contribution is 2.04. The Morgan fingerprint density at radius 2 is 2.33 bits per heavy atom. The molecule has 0 aliphatic carbocycles. The van der Waals surface area contributed by atoms with Crippen molar-refractivity contribution in [2.45, 2.75) is 13.3 Å². The van der Waals surface area contributed by atoms with E-state index in [-0.39, 0.29) is 0 Å². The van der Waals surface area contributed by atoms with E-state index < -0.39 is 0 Å². The molecule has 0 fully saturated rings. The highest BCUT2D eigenvalue weighted by atomic mass is 35.5. The molecule has 4 heteroatoms. The lowest BCUT2D eigenvalue weighted by Crippen LogP contribution is -1.92. The van der Waals surface area contributed by atoms with E-state index in [9.17, 15) is 0 Å². The van der Waals surface area contributed by atoms with E-state index in [0.717, 1.165) is 18.0 Å². The van der Waals surface area contributed by atoms with Crippen LogP contribution in [0.15, 0.2) is 21.2 Å². The Hall–Kier alpha value is -0.280. The number of hydrogen-bond acceptors (Lipinski definition) is 3. The molecule has 0 heterocycles. The van der Waals surface area contributed by atoms with Crippen molar-refractivity contribution in [1.82, 2.24) is 0 Å². The average Bonchev–Trinajstić information content (AvgIpc) is 2.11. The fraction of sp³-hybridized carbons (Fsp3) is 0.500. The molecule has 0 aliphatic heterocycles. The smallest absolute Gasteiger partial charge is 0.130 e. The van der Waals surface area contributed by atoms with Crippen LogP contribution in [-0.2, 0) is 0 Å². The Kier molecular flexibility index (Phi) is 7.20. The molecule has 0 aromatic heterocycles. The highest BCUT2D eigenvalue weighted by molar-refractivity contribution is 7.98. The summed E-state index contributed by atoms with van der Waals surface area (Å²) in [7, 11) is 0. The molecule has 12 heavy (non-hydrogen) atoms. The van der Waals surface area contributed by atoms with Gasteiger partial charge in [0.05, 0.1) is 5.88 Å². The molecule has 68 valence electrons. The Bertz CT molecular complexity index is 199. The number of nitrogens with zero attached hydrogens (tertiary/aromatic N) is 2. The summed E-state index contributed by atoms with van der Waals surface area (Å²) in [6, 6.07) is 0. The molecule has 0 amide bonds.